The average Bonchev–Trinajstić information content (AvgIpc) is 3.42. The summed E-state index contributed by atoms with van der Waals surface area (Å²) in [5.74, 6) is 0.995. The van der Waals surface area contributed by atoms with E-state index in [4.69, 9.17) is 9.26 Å². The third kappa shape index (κ3) is 6.08. The van der Waals surface area contributed by atoms with E-state index >= 15 is 0 Å². The molecule has 0 aliphatic heterocycles. The molecule has 0 radical (unpaired) electrons. The molecule has 1 amide bonds. The van der Waals surface area contributed by atoms with Crippen molar-refractivity contribution in [2.45, 2.75) is 52.0 Å². The Balaban J connectivity index is 1.28. The summed E-state index contributed by atoms with van der Waals surface area (Å²) < 4.78 is 10.4. The number of amides is 1. The van der Waals surface area contributed by atoms with E-state index in [9.17, 15) is 14.9 Å². The van der Waals surface area contributed by atoms with Crippen molar-refractivity contribution in [2.75, 3.05) is 6.61 Å². The molecule has 34 heavy (non-hydrogen) atoms. The highest BCUT2D eigenvalue weighted by Crippen LogP contribution is 2.36. The van der Waals surface area contributed by atoms with Crippen LogP contribution in [0, 0.1) is 24.2 Å². The number of fused-ring (bicyclic) bond motifs is 1. The standard InChI is InChI=1S/C25H26N4O4S/c1-16-9-19(29-33-16)14-28-25(31)32-15-18-5-7-21-22(12-26)24(34-23(21)10-18)11-20(30)6-4-17-3-2-8-27-13-17/h2-3,8-9,13,18H,4-7,10-11,14-15H2,1H3,(H,28,31). The highest BCUT2D eigenvalue weighted by molar-refractivity contribution is 7.12. The molecular weight excluding hydrogens is 452 g/mol. The fourth-order valence-electron chi connectivity index (χ4n) is 4.11. The lowest BCUT2D eigenvalue weighted by atomic mass is 9.87. The molecular formula is C25H26N4O4S. The highest BCUT2D eigenvalue weighted by atomic mass is 32.1. The first-order valence-corrected chi connectivity index (χ1v) is 12.1. The summed E-state index contributed by atoms with van der Waals surface area (Å²) in [7, 11) is 0. The van der Waals surface area contributed by atoms with Crippen LogP contribution in [0.1, 0.15) is 50.7 Å². The number of carbonyl (C=O) groups excluding carboxylic acids is 2. The van der Waals surface area contributed by atoms with Gasteiger partial charge in [-0.1, -0.05) is 11.2 Å². The number of nitrogens with zero attached hydrogens (tertiary/aromatic N) is 3. The van der Waals surface area contributed by atoms with Crippen molar-refractivity contribution in [3.63, 3.8) is 0 Å². The van der Waals surface area contributed by atoms with Gasteiger partial charge in [0.2, 0.25) is 0 Å². The molecule has 1 aliphatic rings. The van der Waals surface area contributed by atoms with Gasteiger partial charge in [0.25, 0.3) is 0 Å². The predicted octanol–water partition coefficient (Wildman–Crippen LogP) is 4.09. The fraction of sp³-hybridized carbons (Fsp3) is 0.400. The van der Waals surface area contributed by atoms with Crippen molar-refractivity contribution in [1.82, 2.24) is 15.5 Å². The number of ketones is 1. The van der Waals surface area contributed by atoms with Crippen LogP contribution in [-0.4, -0.2) is 28.6 Å². The van der Waals surface area contributed by atoms with E-state index in [1.165, 1.54) is 0 Å². The number of rotatable bonds is 9. The van der Waals surface area contributed by atoms with E-state index in [-0.39, 0.29) is 24.7 Å². The molecule has 0 bridgehead atoms. The van der Waals surface area contributed by atoms with Crippen molar-refractivity contribution in [3.05, 3.63) is 68.5 Å². The van der Waals surface area contributed by atoms with E-state index < -0.39 is 6.09 Å². The molecule has 0 spiro atoms. The zero-order valence-corrected chi connectivity index (χ0v) is 19.8. The van der Waals surface area contributed by atoms with Gasteiger partial charge in [-0.15, -0.1) is 11.3 Å². The quantitative estimate of drug-likeness (QED) is 0.492. The zero-order chi connectivity index (χ0) is 23.9. The van der Waals surface area contributed by atoms with E-state index in [0.29, 0.717) is 36.5 Å². The number of carbonyl (C=O) groups is 2. The third-order valence-corrected chi connectivity index (χ3v) is 7.12. The Bertz CT molecular complexity index is 1200. The molecule has 0 fully saturated rings. The minimum atomic E-state index is -0.491. The van der Waals surface area contributed by atoms with Gasteiger partial charge in [-0.3, -0.25) is 9.78 Å². The fourth-order valence-corrected chi connectivity index (χ4v) is 5.56. The van der Waals surface area contributed by atoms with Crippen LogP contribution in [0.3, 0.4) is 0 Å². The zero-order valence-electron chi connectivity index (χ0n) is 19.0. The van der Waals surface area contributed by atoms with Crippen LogP contribution >= 0.6 is 11.3 Å². The van der Waals surface area contributed by atoms with Crippen LogP contribution in [0.15, 0.2) is 35.1 Å². The topological polar surface area (TPSA) is 118 Å². The summed E-state index contributed by atoms with van der Waals surface area (Å²) in [4.78, 5) is 30.7. The maximum Gasteiger partial charge on any atom is 0.407 e. The number of Topliss-reactive ketones (excluding diaryl/α,β-unsaturated/α-hetero) is 1. The minimum Gasteiger partial charge on any atom is -0.449 e. The Morgan fingerprint density at radius 2 is 2.29 bits per heavy atom. The lowest BCUT2D eigenvalue weighted by molar-refractivity contribution is -0.118. The highest BCUT2D eigenvalue weighted by Gasteiger charge is 2.27. The van der Waals surface area contributed by atoms with Gasteiger partial charge in [0.1, 0.15) is 23.3 Å². The van der Waals surface area contributed by atoms with E-state index in [2.05, 4.69) is 21.5 Å². The van der Waals surface area contributed by atoms with Crippen LogP contribution < -0.4 is 5.32 Å². The van der Waals surface area contributed by atoms with Crippen molar-refractivity contribution in [2.24, 2.45) is 5.92 Å². The summed E-state index contributed by atoms with van der Waals surface area (Å²) in [5, 5.41) is 16.2. The Morgan fingerprint density at radius 1 is 1.41 bits per heavy atom. The van der Waals surface area contributed by atoms with Crippen LogP contribution in [-0.2, 0) is 41.8 Å². The van der Waals surface area contributed by atoms with E-state index in [1.54, 1.807) is 36.7 Å². The first-order valence-electron chi connectivity index (χ1n) is 11.3. The summed E-state index contributed by atoms with van der Waals surface area (Å²) in [5.41, 5.74) is 3.39. The number of nitriles is 1. The SMILES string of the molecule is Cc1cc(CNC(=O)OCC2CCc3c(sc(CC(=O)CCc4cccnc4)c3C#N)C2)no1. The first kappa shape index (κ1) is 23.6. The molecule has 4 rings (SSSR count). The normalized spacial score (nSPS) is 14.8. The molecule has 9 heteroatoms. The Hall–Kier alpha value is -3.51. The largest absolute Gasteiger partial charge is 0.449 e. The van der Waals surface area contributed by atoms with E-state index in [1.807, 2.05) is 12.1 Å². The summed E-state index contributed by atoms with van der Waals surface area (Å²) in [6.07, 6.45) is 6.70. The Morgan fingerprint density at radius 3 is 3.03 bits per heavy atom. The number of aromatic nitrogens is 2. The molecule has 176 valence electrons. The van der Waals surface area contributed by atoms with Gasteiger partial charge in [-0.2, -0.15) is 5.26 Å². The van der Waals surface area contributed by atoms with Gasteiger partial charge in [-0.25, -0.2) is 4.79 Å². The van der Waals surface area contributed by atoms with Gasteiger partial charge >= 0.3 is 6.09 Å². The number of hydrogen-bond donors (Lipinski definition) is 1. The van der Waals surface area contributed by atoms with Crippen molar-refractivity contribution in [1.29, 1.82) is 5.26 Å². The van der Waals surface area contributed by atoms with Gasteiger partial charge < -0.3 is 14.6 Å². The molecule has 0 aromatic carbocycles. The Labute approximate surface area is 201 Å². The number of alkyl carbamates (subject to hydrolysis) is 1. The molecule has 8 nitrogen and oxygen atoms in total. The molecule has 3 aromatic rings. The number of pyridine rings is 1. The van der Waals surface area contributed by atoms with Crippen molar-refractivity contribution in [3.8, 4) is 6.07 Å². The van der Waals surface area contributed by atoms with Gasteiger partial charge in [0.15, 0.2) is 0 Å². The molecule has 0 saturated heterocycles. The summed E-state index contributed by atoms with van der Waals surface area (Å²) in [6, 6.07) is 7.90. The second-order valence-corrected chi connectivity index (χ2v) is 9.67. The number of hydrogen-bond acceptors (Lipinski definition) is 8. The van der Waals surface area contributed by atoms with Crippen LogP contribution in [0.5, 0.6) is 0 Å². The van der Waals surface area contributed by atoms with Crippen molar-refractivity contribution < 1.29 is 18.8 Å². The van der Waals surface area contributed by atoms with Crippen LogP contribution in [0.4, 0.5) is 4.79 Å². The molecule has 1 N–H and O–H groups in total. The molecule has 0 saturated carbocycles. The maximum absolute atomic E-state index is 12.6. The number of aryl methyl sites for hydroxylation is 2. The van der Waals surface area contributed by atoms with Gasteiger partial charge in [0.05, 0.1) is 18.7 Å². The predicted molar refractivity (Wildman–Crippen MR) is 125 cm³/mol. The Kier molecular flexibility index (Phi) is 7.70. The first-order chi connectivity index (χ1) is 16.5. The second-order valence-electron chi connectivity index (χ2n) is 8.48. The minimum absolute atomic E-state index is 0.123. The molecule has 1 aliphatic carbocycles. The van der Waals surface area contributed by atoms with Crippen LogP contribution in [0.25, 0.3) is 0 Å². The van der Waals surface area contributed by atoms with E-state index in [0.717, 1.165) is 40.1 Å². The van der Waals surface area contributed by atoms with Gasteiger partial charge in [-0.05, 0) is 55.7 Å². The number of nitrogens with one attached hydrogen (secondary N) is 1. The molecule has 1 unspecified atom stereocenters. The van der Waals surface area contributed by atoms with Crippen LogP contribution in [0.2, 0.25) is 0 Å². The van der Waals surface area contributed by atoms with Crippen molar-refractivity contribution >= 4 is 23.2 Å². The smallest absolute Gasteiger partial charge is 0.407 e. The lowest BCUT2D eigenvalue weighted by Crippen LogP contribution is -2.27. The molecule has 3 aromatic heterocycles. The molecule has 1 atom stereocenters. The lowest BCUT2D eigenvalue weighted by Gasteiger charge is -2.21. The second kappa shape index (κ2) is 11.1. The third-order valence-electron chi connectivity index (χ3n) is 5.87. The number of ether oxygens (including phenoxy) is 1. The maximum atomic E-state index is 12.6. The number of thiophene rings is 1. The summed E-state index contributed by atoms with van der Waals surface area (Å²) >= 11 is 1.55. The monoisotopic (exact) mass is 478 g/mol. The molecule has 3 heterocycles. The summed E-state index contributed by atoms with van der Waals surface area (Å²) in [6.45, 7) is 2.35. The average molecular weight is 479 g/mol. The van der Waals surface area contributed by atoms with Gasteiger partial charge in [0, 0.05) is 41.1 Å².